The molecule has 3 N–H and O–H groups in total. The van der Waals surface area contributed by atoms with Gasteiger partial charge in [-0.05, 0) is 142 Å². The van der Waals surface area contributed by atoms with Gasteiger partial charge in [0.05, 0.1) is 17.0 Å². The van der Waals surface area contributed by atoms with Crippen molar-refractivity contribution in [3.63, 3.8) is 0 Å². The lowest BCUT2D eigenvalue weighted by Crippen LogP contribution is -2.77. The molecule has 4 saturated heterocycles. The standard InChI is InChI=1S/C55H61N3O5/c1-29-22-34-15-17-43-36-25-37-28-58(43)48(34)47-39-19-20-53-50(49(59)38-16-18-42(37)57(27-36)30(38)2)62-52(61)54(53)41(39)26-35(45(29)47)24-32-10-5-9-31(23-32)8-3-4-14-44(54)55(53)40-13-6-11-33(12-7-21-56)46(40)51(60)63-55/h5-6,9-11,13,15,17,23,26,29-30,36-38,42-45,47,59H,3-4,7-8,12,14,16,18-22,24-25,27-28,56H2,1-2H3/b50-49-/t29-,30-,36-,37-,38+,42-,43+,44+,45+,47+,53-,54+,55-/m1/s1. The maximum atomic E-state index is 16.1. The van der Waals surface area contributed by atoms with Gasteiger partial charge in [0, 0.05) is 54.2 Å². The maximum Gasteiger partial charge on any atom is 0.339 e. The van der Waals surface area contributed by atoms with Gasteiger partial charge >= 0.3 is 11.9 Å². The zero-order valence-corrected chi connectivity index (χ0v) is 36.9. The van der Waals surface area contributed by atoms with Crippen molar-refractivity contribution in [1.29, 1.82) is 0 Å². The van der Waals surface area contributed by atoms with Gasteiger partial charge in [0.1, 0.15) is 11.2 Å². The Kier molecular flexibility index (Phi) is 7.77. The number of allylic oxidation sites excluding steroid dienone is 5. The summed E-state index contributed by atoms with van der Waals surface area (Å²) in [5.74, 6) is 1.48. The molecule has 8 heterocycles. The number of nitrogens with zero attached hydrogens (tertiary/aromatic N) is 2. The maximum absolute atomic E-state index is 16.1. The number of benzene rings is 2. The lowest BCUT2D eigenvalue weighted by atomic mass is 9.28. The smallest absolute Gasteiger partial charge is 0.339 e. The predicted molar refractivity (Wildman–Crippen MR) is 239 cm³/mol. The first-order chi connectivity index (χ1) is 30.7. The van der Waals surface area contributed by atoms with Gasteiger partial charge in [-0.1, -0.05) is 85.2 Å². The molecular weight excluding hydrogens is 783 g/mol. The largest absolute Gasteiger partial charge is 0.508 e. The van der Waals surface area contributed by atoms with Crippen molar-refractivity contribution in [3.8, 4) is 0 Å². The molecule has 0 aromatic heterocycles. The first-order valence-corrected chi connectivity index (χ1v) is 24.9. The van der Waals surface area contributed by atoms with Crippen molar-refractivity contribution in [2.45, 2.75) is 121 Å². The van der Waals surface area contributed by atoms with Gasteiger partial charge in [0.2, 0.25) is 0 Å². The summed E-state index contributed by atoms with van der Waals surface area (Å²) in [4.78, 5) is 36.7. The third-order valence-electron chi connectivity index (χ3n) is 19.9. The second kappa shape index (κ2) is 12.9. The van der Waals surface area contributed by atoms with Crippen LogP contribution in [-0.2, 0) is 39.1 Å². The summed E-state index contributed by atoms with van der Waals surface area (Å²) in [6.07, 6.45) is 18.9. The molecule has 8 nitrogen and oxygen atoms in total. The molecule has 15 rings (SSSR count). The minimum absolute atomic E-state index is 0.0689. The SMILES string of the molecule is C[C@@H]1CC2=C3[C@H]4C5=C6C=C(Cc7cccc(c7)CCCC[C@H]7[C@]68C(=O)O/C(=C(\O)[C@H]6CC[C@@H]9[C@@H]%10C[C@H](CN9[C@@H]6C)[C@H](C=C2)N3C%10)[C@@]8(CC5)[C@]72OC(=O)c3c(CCCN)cccc32)[C@@H]41. The van der Waals surface area contributed by atoms with E-state index in [1.54, 1.807) is 5.70 Å². The normalized spacial score (nSPS) is 44.2. The number of aryl methyl sites for hydroxylation is 2. The Labute approximate surface area is 371 Å². The van der Waals surface area contributed by atoms with Crippen LogP contribution in [0.3, 0.4) is 0 Å². The molecule has 3 spiro atoms. The predicted octanol–water partition coefficient (Wildman–Crippen LogP) is 8.77. The van der Waals surface area contributed by atoms with Crippen molar-refractivity contribution in [2.24, 2.45) is 58.0 Å². The molecule has 13 aliphatic rings. The minimum Gasteiger partial charge on any atom is -0.508 e. The quantitative estimate of drug-likeness (QED) is 0.296. The van der Waals surface area contributed by atoms with Crippen molar-refractivity contribution in [3.05, 3.63) is 128 Å². The van der Waals surface area contributed by atoms with Crippen LogP contribution in [-0.4, -0.2) is 64.6 Å². The Hall–Kier alpha value is -4.40. The molecule has 1 unspecified atom stereocenters. The molecule has 2 aromatic rings. The Balaban J connectivity index is 1.10. The molecule has 8 aliphatic heterocycles. The highest BCUT2D eigenvalue weighted by Crippen LogP contribution is 2.87. The van der Waals surface area contributed by atoms with Gasteiger partial charge < -0.3 is 25.2 Å². The van der Waals surface area contributed by atoms with Crippen molar-refractivity contribution >= 4 is 11.9 Å². The highest BCUT2D eigenvalue weighted by atomic mass is 16.6. The second-order valence-electron chi connectivity index (χ2n) is 22.2. The molecule has 0 radical (unpaired) electrons. The Morgan fingerprint density at radius 1 is 0.984 bits per heavy atom. The van der Waals surface area contributed by atoms with E-state index in [9.17, 15) is 9.90 Å². The van der Waals surface area contributed by atoms with Crippen LogP contribution in [0.5, 0.6) is 0 Å². The van der Waals surface area contributed by atoms with Gasteiger partial charge in [-0.25, -0.2) is 4.79 Å². The fourth-order valence-electron chi connectivity index (χ4n) is 17.8. The van der Waals surface area contributed by atoms with E-state index in [-0.39, 0.29) is 41.5 Å². The number of esters is 2. The number of rotatable bonds is 3. The summed E-state index contributed by atoms with van der Waals surface area (Å²) in [5, 5.41) is 13.4. The van der Waals surface area contributed by atoms with E-state index >= 15 is 4.79 Å². The lowest BCUT2D eigenvalue weighted by molar-refractivity contribution is -0.276. The molecule has 2 aromatic carbocycles. The highest BCUT2D eigenvalue weighted by molar-refractivity contribution is 6.00. The molecule has 0 amide bonds. The number of aliphatic hydroxyl groups excluding tert-OH is 1. The van der Waals surface area contributed by atoms with Gasteiger partial charge in [0.15, 0.2) is 11.4 Å². The van der Waals surface area contributed by atoms with Gasteiger partial charge in [0.25, 0.3) is 0 Å². The molecular formula is C55H61N3O5. The number of ether oxygens (including phenoxy) is 2. The molecule has 14 bridgehead atoms. The monoisotopic (exact) mass is 843 g/mol. The number of hydrogen-bond acceptors (Lipinski definition) is 8. The number of hydrogen-bond donors (Lipinski definition) is 2. The van der Waals surface area contributed by atoms with Crippen molar-refractivity contribution < 1.29 is 24.2 Å². The number of carbonyl (C=O) groups is 2. The number of nitrogens with two attached hydrogens (primary N) is 1. The van der Waals surface area contributed by atoms with Gasteiger partial charge in [-0.15, -0.1) is 0 Å². The topological polar surface area (TPSA) is 105 Å². The van der Waals surface area contributed by atoms with E-state index in [0.717, 1.165) is 87.6 Å². The van der Waals surface area contributed by atoms with E-state index < -0.39 is 16.4 Å². The van der Waals surface area contributed by atoms with Crippen LogP contribution in [0.25, 0.3) is 0 Å². The molecule has 1 saturated carbocycles. The molecule has 14 atom stereocenters. The van der Waals surface area contributed by atoms with Crippen molar-refractivity contribution in [1.82, 2.24) is 9.80 Å². The average molecular weight is 844 g/mol. The van der Waals surface area contributed by atoms with E-state index in [1.165, 1.54) is 34.3 Å². The van der Waals surface area contributed by atoms with Crippen molar-refractivity contribution in [2.75, 3.05) is 19.6 Å². The van der Waals surface area contributed by atoms with E-state index in [4.69, 9.17) is 15.2 Å². The van der Waals surface area contributed by atoms with Crippen LogP contribution < -0.4 is 5.73 Å². The zero-order valence-electron chi connectivity index (χ0n) is 36.9. The molecule has 5 fully saturated rings. The second-order valence-corrected chi connectivity index (χ2v) is 22.2. The summed E-state index contributed by atoms with van der Waals surface area (Å²) < 4.78 is 14.2. The van der Waals surface area contributed by atoms with E-state index in [0.29, 0.717) is 72.9 Å². The molecule has 63 heavy (non-hydrogen) atoms. The van der Waals surface area contributed by atoms with Crippen LogP contribution in [0.2, 0.25) is 0 Å². The number of aliphatic hydroxyl groups is 1. The number of fused-ring (bicyclic) bond motifs is 7. The Bertz CT molecular complexity index is 2600. The lowest BCUT2D eigenvalue weighted by Gasteiger charge is -2.71. The fourth-order valence-corrected chi connectivity index (χ4v) is 17.8. The van der Waals surface area contributed by atoms with Crippen LogP contribution in [0.4, 0.5) is 0 Å². The number of carbonyl (C=O) groups excluding carboxylic acids is 2. The summed E-state index contributed by atoms with van der Waals surface area (Å²) >= 11 is 0. The fraction of sp³-hybridized carbons (Fsp3) is 0.564. The van der Waals surface area contributed by atoms with E-state index in [2.05, 4.69) is 84.3 Å². The third-order valence-corrected chi connectivity index (χ3v) is 19.9. The molecule has 5 aliphatic carbocycles. The summed E-state index contributed by atoms with van der Waals surface area (Å²) in [6.45, 7) is 7.42. The highest BCUT2D eigenvalue weighted by Gasteiger charge is 2.93. The molecule has 8 heteroatoms. The first kappa shape index (κ1) is 37.9. The molecule has 326 valence electrons. The Morgan fingerprint density at radius 3 is 2.75 bits per heavy atom. The van der Waals surface area contributed by atoms with Crippen LogP contribution >= 0.6 is 0 Å². The van der Waals surface area contributed by atoms with Crippen LogP contribution in [0.15, 0.2) is 100 Å². The van der Waals surface area contributed by atoms with E-state index in [1.807, 2.05) is 0 Å². The number of piperidine rings is 3. The average Bonchev–Trinajstić information content (AvgIpc) is 3.74. The van der Waals surface area contributed by atoms with Gasteiger partial charge in [-0.2, -0.15) is 0 Å². The third kappa shape index (κ3) is 4.38. The van der Waals surface area contributed by atoms with Gasteiger partial charge in [-0.3, -0.25) is 9.69 Å². The summed E-state index contributed by atoms with van der Waals surface area (Å²) in [7, 11) is 0. The summed E-state index contributed by atoms with van der Waals surface area (Å²) in [6, 6.07) is 16.4. The zero-order chi connectivity index (χ0) is 42.3. The summed E-state index contributed by atoms with van der Waals surface area (Å²) in [5.41, 5.74) is 14.9. The first-order valence-electron chi connectivity index (χ1n) is 24.9. The van der Waals surface area contributed by atoms with Crippen LogP contribution in [0, 0.1) is 52.3 Å². The van der Waals surface area contributed by atoms with Crippen LogP contribution in [0.1, 0.15) is 111 Å². The Morgan fingerprint density at radius 2 is 1.86 bits per heavy atom. The minimum atomic E-state index is -1.17.